The van der Waals surface area contributed by atoms with E-state index in [1.165, 1.54) is 17.7 Å². The highest BCUT2D eigenvalue weighted by Gasteiger charge is 2.25. The largest absolute Gasteiger partial charge is 0.332 e. The first-order valence-electron chi connectivity index (χ1n) is 7.27. The van der Waals surface area contributed by atoms with E-state index in [0.29, 0.717) is 17.6 Å². The Morgan fingerprint density at radius 2 is 2.10 bits per heavy atom. The first-order valence-corrected chi connectivity index (χ1v) is 7.27. The molecule has 21 heavy (non-hydrogen) atoms. The van der Waals surface area contributed by atoms with Crippen molar-refractivity contribution in [1.29, 1.82) is 0 Å². The number of hydrogen-bond donors (Lipinski definition) is 1. The Kier molecular flexibility index (Phi) is 2.84. The maximum atomic E-state index is 5.42. The summed E-state index contributed by atoms with van der Waals surface area (Å²) >= 11 is 0. The van der Waals surface area contributed by atoms with Crippen LogP contribution < -0.4 is 0 Å². The van der Waals surface area contributed by atoms with Crippen LogP contribution in [0.3, 0.4) is 0 Å². The van der Waals surface area contributed by atoms with Gasteiger partial charge in [0, 0.05) is 16.8 Å². The number of aromatic nitrogens is 4. The minimum atomic E-state index is 0.500. The SMILES string of the molecule is CC1CCc2[nH]nc(-c3nc(-c4ccccc4)no3)c2C1. The summed E-state index contributed by atoms with van der Waals surface area (Å²) in [4.78, 5) is 4.50. The Labute approximate surface area is 122 Å². The van der Waals surface area contributed by atoms with E-state index in [-0.39, 0.29) is 0 Å². The minimum Gasteiger partial charge on any atom is -0.332 e. The molecule has 0 radical (unpaired) electrons. The molecule has 2 aromatic heterocycles. The molecule has 0 amide bonds. The highest BCUT2D eigenvalue weighted by molar-refractivity contribution is 5.60. The van der Waals surface area contributed by atoms with Crippen molar-refractivity contribution in [2.24, 2.45) is 5.92 Å². The molecule has 0 saturated heterocycles. The molecule has 4 rings (SSSR count). The smallest absolute Gasteiger partial charge is 0.279 e. The molecule has 3 aromatic rings. The van der Waals surface area contributed by atoms with E-state index in [2.05, 4.69) is 27.3 Å². The molecule has 0 bridgehead atoms. The number of H-pyrrole nitrogens is 1. The van der Waals surface area contributed by atoms with Crippen LogP contribution in [0.5, 0.6) is 0 Å². The molecular formula is C16H16N4O. The molecule has 1 aliphatic rings. The maximum absolute atomic E-state index is 5.42. The third-order valence-corrected chi connectivity index (χ3v) is 4.05. The van der Waals surface area contributed by atoms with Gasteiger partial charge in [0.1, 0.15) is 0 Å². The molecule has 2 heterocycles. The highest BCUT2D eigenvalue weighted by atomic mass is 16.5. The number of nitrogens with zero attached hydrogens (tertiary/aromatic N) is 3. The van der Waals surface area contributed by atoms with E-state index in [0.717, 1.165) is 24.1 Å². The van der Waals surface area contributed by atoms with Crippen LogP contribution in [0.25, 0.3) is 23.0 Å². The van der Waals surface area contributed by atoms with Gasteiger partial charge in [0.2, 0.25) is 5.82 Å². The van der Waals surface area contributed by atoms with Gasteiger partial charge >= 0.3 is 0 Å². The van der Waals surface area contributed by atoms with Crippen molar-refractivity contribution in [2.75, 3.05) is 0 Å². The average molecular weight is 280 g/mol. The number of aromatic amines is 1. The van der Waals surface area contributed by atoms with Crippen LogP contribution in [0.2, 0.25) is 0 Å². The second kappa shape index (κ2) is 4.84. The van der Waals surface area contributed by atoms with E-state index in [4.69, 9.17) is 4.52 Å². The molecule has 1 aromatic carbocycles. The summed E-state index contributed by atoms with van der Waals surface area (Å²) in [5.41, 5.74) is 4.20. The van der Waals surface area contributed by atoms with Crippen molar-refractivity contribution in [1.82, 2.24) is 20.3 Å². The molecule has 0 aliphatic heterocycles. The summed E-state index contributed by atoms with van der Waals surface area (Å²) in [6.45, 7) is 2.27. The maximum Gasteiger partial charge on any atom is 0.279 e. The van der Waals surface area contributed by atoms with Crippen LogP contribution in [0.15, 0.2) is 34.9 Å². The van der Waals surface area contributed by atoms with Gasteiger partial charge in [0.05, 0.1) is 0 Å². The zero-order valence-electron chi connectivity index (χ0n) is 11.8. The predicted octanol–water partition coefficient (Wildman–Crippen LogP) is 3.25. The van der Waals surface area contributed by atoms with Crippen molar-refractivity contribution in [3.63, 3.8) is 0 Å². The molecule has 106 valence electrons. The molecule has 5 heteroatoms. The third kappa shape index (κ3) is 2.14. The normalized spacial score (nSPS) is 17.7. The van der Waals surface area contributed by atoms with Crippen LogP contribution in [-0.2, 0) is 12.8 Å². The predicted molar refractivity (Wildman–Crippen MR) is 78.5 cm³/mol. The van der Waals surface area contributed by atoms with Crippen LogP contribution in [0.4, 0.5) is 0 Å². The minimum absolute atomic E-state index is 0.500. The van der Waals surface area contributed by atoms with E-state index in [9.17, 15) is 0 Å². The van der Waals surface area contributed by atoms with Gasteiger partial charge in [0.25, 0.3) is 5.89 Å². The summed E-state index contributed by atoms with van der Waals surface area (Å²) in [6, 6.07) is 9.83. The standard InChI is InChI=1S/C16H16N4O/c1-10-7-8-13-12(9-10)14(19-18-13)16-17-15(20-21-16)11-5-3-2-4-6-11/h2-6,10H,7-9H2,1H3,(H,18,19). The fourth-order valence-electron chi connectivity index (χ4n) is 2.87. The number of benzene rings is 1. The van der Waals surface area contributed by atoms with Crippen molar-refractivity contribution in [3.05, 3.63) is 41.6 Å². The number of rotatable bonds is 2. The lowest BCUT2D eigenvalue weighted by Gasteiger charge is -2.17. The topological polar surface area (TPSA) is 67.6 Å². The summed E-state index contributed by atoms with van der Waals surface area (Å²) in [7, 11) is 0. The lowest BCUT2D eigenvalue weighted by molar-refractivity contribution is 0.429. The van der Waals surface area contributed by atoms with Crippen molar-refractivity contribution in [2.45, 2.75) is 26.2 Å². The lowest BCUT2D eigenvalue weighted by Crippen LogP contribution is -2.10. The second-order valence-corrected chi connectivity index (χ2v) is 5.67. The Morgan fingerprint density at radius 1 is 1.24 bits per heavy atom. The van der Waals surface area contributed by atoms with E-state index in [1.54, 1.807) is 0 Å². The molecule has 1 aliphatic carbocycles. The van der Waals surface area contributed by atoms with Crippen LogP contribution in [0.1, 0.15) is 24.6 Å². The van der Waals surface area contributed by atoms with Crippen molar-refractivity contribution >= 4 is 0 Å². The molecule has 0 fully saturated rings. The summed E-state index contributed by atoms with van der Waals surface area (Å²) < 4.78 is 5.42. The summed E-state index contributed by atoms with van der Waals surface area (Å²) in [5, 5.41) is 11.6. The Hall–Kier alpha value is -2.43. The third-order valence-electron chi connectivity index (χ3n) is 4.05. The molecule has 0 saturated carbocycles. The molecule has 1 atom stereocenters. The molecule has 1 unspecified atom stereocenters. The van der Waals surface area contributed by atoms with Gasteiger partial charge < -0.3 is 4.52 Å². The highest BCUT2D eigenvalue weighted by Crippen LogP contribution is 2.31. The number of nitrogens with one attached hydrogen (secondary N) is 1. The average Bonchev–Trinajstić information content (AvgIpc) is 3.14. The quantitative estimate of drug-likeness (QED) is 0.782. The van der Waals surface area contributed by atoms with Crippen LogP contribution in [0, 0.1) is 5.92 Å². The first-order chi connectivity index (χ1) is 10.3. The fourth-order valence-corrected chi connectivity index (χ4v) is 2.87. The number of fused-ring (bicyclic) bond motifs is 1. The van der Waals surface area contributed by atoms with Crippen molar-refractivity contribution in [3.8, 4) is 23.0 Å². The van der Waals surface area contributed by atoms with E-state index in [1.807, 2.05) is 30.3 Å². The fraction of sp³-hybridized carbons (Fsp3) is 0.312. The zero-order chi connectivity index (χ0) is 14.2. The van der Waals surface area contributed by atoms with E-state index >= 15 is 0 Å². The van der Waals surface area contributed by atoms with Gasteiger partial charge in [0.15, 0.2) is 5.69 Å². The molecule has 1 N–H and O–H groups in total. The molecule has 0 spiro atoms. The monoisotopic (exact) mass is 280 g/mol. The van der Waals surface area contributed by atoms with Gasteiger partial charge in [-0.25, -0.2) is 0 Å². The summed E-state index contributed by atoms with van der Waals surface area (Å²) in [5.74, 6) is 1.78. The van der Waals surface area contributed by atoms with Gasteiger partial charge in [-0.05, 0) is 25.2 Å². The van der Waals surface area contributed by atoms with Gasteiger partial charge in [-0.3, -0.25) is 5.10 Å². The van der Waals surface area contributed by atoms with Gasteiger partial charge in [-0.1, -0.05) is 42.4 Å². The Morgan fingerprint density at radius 3 is 2.95 bits per heavy atom. The van der Waals surface area contributed by atoms with Gasteiger partial charge in [-0.2, -0.15) is 10.1 Å². The molecular weight excluding hydrogens is 264 g/mol. The zero-order valence-corrected chi connectivity index (χ0v) is 11.8. The second-order valence-electron chi connectivity index (χ2n) is 5.67. The summed E-state index contributed by atoms with van der Waals surface area (Å²) in [6.07, 6.45) is 3.27. The molecule has 5 nitrogen and oxygen atoms in total. The van der Waals surface area contributed by atoms with Gasteiger partial charge in [-0.15, -0.1) is 0 Å². The number of hydrogen-bond acceptors (Lipinski definition) is 4. The Balaban J connectivity index is 1.72. The first kappa shape index (κ1) is 12.3. The lowest BCUT2D eigenvalue weighted by atomic mass is 9.88. The van der Waals surface area contributed by atoms with Crippen molar-refractivity contribution < 1.29 is 4.52 Å². The van der Waals surface area contributed by atoms with Crippen LogP contribution in [-0.4, -0.2) is 20.3 Å². The Bertz CT molecular complexity index is 760. The number of aryl methyl sites for hydroxylation is 1. The van der Waals surface area contributed by atoms with E-state index < -0.39 is 0 Å². The van der Waals surface area contributed by atoms with Crippen LogP contribution >= 0.6 is 0 Å².